The van der Waals surface area contributed by atoms with E-state index in [9.17, 15) is 17.5 Å². The minimum Gasteiger partial charge on any atom is -0.393 e. The Morgan fingerprint density at radius 3 is 2.52 bits per heavy atom. The molecule has 0 aliphatic carbocycles. The number of nitrogen functional groups attached to an aromatic ring is 1. The van der Waals surface area contributed by atoms with E-state index < -0.39 is 22.7 Å². The van der Waals surface area contributed by atoms with Crippen LogP contribution in [0.25, 0.3) is 0 Å². The maximum atomic E-state index is 13.9. The Kier molecular flexibility index (Phi) is 6.83. The molecule has 2 aromatic rings. The van der Waals surface area contributed by atoms with Crippen molar-refractivity contribution in [3.63, 3.8) is 0 Å². The highest BCUT2D eigenvalue weighted by molar-refractivity contribution is 7.97. The van der Waals surface area contributed by atoms with Crippen LogP contribution in [0.4, 0.5) is 32.1 Å². The van der Waals surface area contributed by atoms with Gasteiger partial charge >= 0.3 is 0 Å². The number of halogens is 2. The molecule has 1 saturated heterocycles. The van der Waals surface area contributed by atoms with Crippen LogP contribution in [0.2, 0.25) is 0 Å². The highest BCUT2D eigenvalue weighted by Gasteiger charge is 2.40. The molecule has 0 saturated carbocycles. The van der Waals surface area contributed by atoms with Gasteiger partial charge in [-0.25, -0.2) is 14.2 Å². The van der Waals surface area contributed by atoms with Gasteiger partial charge in [-0.05, 0) is 26.8 Å². The maximum Gasteiger partial charge on any atom is 0.266 e. The Morgan fingerprint density at radius 1 is 1.30 bits per heavy atom. The standard InChI is InChI=1S/C21H31F2N7O2S/c1-20(2,3)28-19-26-17(29-11-10-21(22,23)13-29)16(24)18(27-19)30(25-4)12-14-8-6-7-9-15(14)33(5,31)32/h6-9,25H,10-13,24H2,1-5H3,(H-,26,27,28,31,32)/p+1. The summed E-state index contributed by atoms with van der Waals surface area (Å²) in [7, 11) is -1.56. The summed E-state index contributed by atoms with van der Waals surface area (Å²) in [5.74, 6) is -2.08. The van der Waals surface area contributed by atoms with Gasteiger partial charge in [0.2, 0.25) is 16.2 Å². The second-order valence-electron chi connectivity index (χ2n) is 9.23. The van der Waals surface area contributed by atoms with E-state index in [-0.39, 0.29) is 48.3 Å². The molecule has 1 aliphatic heterocycles. The number of aromatic nitrogens is 2. The molecule has 1 unspecified atom stereocenters. The van der Waals surface area contributed by atoms with Crippen molar-refractivity contribution in [2.45, 2.75) is 50.1 Å². The Balaban J connectivity index is 2.07. The molecule has 1 atom stereocenters. The molecular weight excluding hydrogens is 452 g/mol. The van der Waals surface area contributed by atoms with Crippen molar-refractivity contribution in [2.75, 3.05) is 47.4 Å². The van der Waals surface area contributed by atoms with Crippen molar-refractivity contribution in [1.29, 1.82) is 0 Å². The normalized spacial score (nSPS) is 17.6. The molecule has 1 fully saturated rings. The molecule has 9 nitrogen and oxygen atoms in total. The van der Waals surface area contributed by atoms with Crippen LogP contribution in [-0.2, 0) is 21.0 Å². The van der Waals surface area contributed by atoms with E-state index in [1.54, 1.807) is 36.3 Å². The predicted molar refractivity (Wildman–Crippen MR) is 128 cm³/mol. The topological polar surface area (TPSA) is 120 Å². The quantitative estimate of drug-likeness (QED) is 0.347. The van der Waals surface area contributed by atoms with E-state index in [1.165, 1.54) is 11.2 Å². The molecular formula is C21H32F2N7O2S+. The average molecular weight is 485 g/mol. The SMILES string of the molecule is CNN(Cc1ccccc1[S+](C)(=O)O)c1nc(NC(C)(C)C)nc(N2CCC(F)(F)C2)c1N. The lowest BCUT2D eigenvalue weighted by molar-refractivity contribution is 0.0257. The molecule has 2 heterocycles. The first kappa shape index (κ1) is 25.1. The number of nitrogens with zero attached hydrogens (tertiary/aromatic N) is 4. The Bertz CT molecular complexity index is 1060. The number of hydrazine groups is 1. The van der Waals surface area contributed by atoms with Crippen molar-refractivity contribution < 1.29 is 17.5 Å². The van der Waals surface area contributed by atoms with Crippen molar-refractivity contribution in [3.8, 4) is 0 Å². The Labute approximate surface area is 194 Å². The lowest BCUT2D eigenvalue weighted by Gasteiger charge is -2.29. The fraction of sp³-hybridized carbons (Fsp3) is 0.524. The van der Waals surface area contributed by atoms with E-state index >= 15 is 0 Å². The van der Waals surface area contributed by atoms with Crippen LogP contribution in [0.3, 0.4) is 0 Å². The predicted octanol–water partition coefficient (Wildman–Crippen LogP) is 3.22. The first-order valence-corrected chi connectivity index (χ1v) is 12.5. The van der Waals surface area contributed by atoms with Crippen molar-refractivity contribution in [3.05, 3.63) is 29.8 Å². The molecule has 1 aromatic carbocycles. The summed E-state index contributed by atoms with van der Waals surface area (Å²) in [6.45, 7) is 5.59. The molecule has 1 aliphatic rings. The van der Waals surface area contributed by atoms with E-state index in [0.717, 1.165) is 0 Å². The molecule has 1 aromatic heterocycles. The fourth-order valence-electron chi connectivity index (χ4n) is 3.63. The zero-order valence-corrected chi connectivity index (χ0v) is 20.3. The van der Waals surface area contributed by atoms with Crippen molar-refractivity contribution in [1.82, 2.24) is 15.4 Å². The van der Waals surface area contributed by atoms with E-state index in [4.69, 9.17) is 5.73 Å². The third kappa shape index (κ3) is 6.06. The van der Waals surface area contributed by atoms with E-state index in [0.29, 0.717) is 10.5 Å². The second kappa shape index (κ2) is 8.99. The molecule has 182 valence electrons. The first-order chi connectivity index (χ1) is 15.2. The van der Waals surface area contributed by atoms with Crippen LogP contribution in [-0.4, -0.2) is 52.4 Å². The van der Waals surface area contributed by atoms with Gasteiger partial charge in [0.05, 0.1) is 13.1 Å². The number of benzene rings is 1. The van der Waals surface area contributed by atoms with Crippen LogP contribution in [0.15, 0.2) is 29.2 Å². The van der Waals surface area contributed by atoms with Crippen LogP contribution in [0, 0.1) is 0 Å². The smallest absolute Gasteiger partial charge is 0.266 e. The lowest BCUT2D eigenvalue weighted by Crippen LogP contribution is -2.38. The number of hydrogen-bond donors (Lipinski definition) is 4. The van der Waals surface area contributed by atoms with E-state index in [2.05, 4.69) is 20.7 Å². The van der Waals surface area contributed by atoms with Crippen LogP contribution < -0.4 is 26.4 Å². The maximum absolute atomic E-state index is 13.9. The molecule has 5 N–H and O–H groups in total. The average Bonchev–Trinajstić information content (AvgIpc) is 3.05. The largest absolute Gasteiger partial charge is 0.393 e. The number of hydrogen-bond acceptors (Lipinski definition) is 8. The number of anilines is 4. The Morgan fingerprint density at radius 2 is 1.97 bits per heavy atom. The van der Waals surface area contributed by atoms with Gasteiger partial charge in [-0.15, -0.1) is 0 Å². The summed E-state index contributed by atoms with van der Waals surface area (Å²) >= 11 is 0. The summed E-state index contributed by atoms with van der Waals surface area (Å²) in [4.78, 5) is 10.8. The first-order valence-electron chi connectivity index (χ1n) is 10.5. The van der Waals surface area contributed by atoms with Crippen molar-refractivity contribution >= 4 is 33.5 Å². The zero-order valence-electron chi connectivity index (χ0n) is 19.5. The third-order valence-electron chi connectivity index (χ3n) is 5.10. The van der Waals surface area contributed by atoms with Gasteiger partial charge in [0.1, 0.15) is 11.9 Å². The highest BCUT2D eigenvalue weighted by Crippen LogP contribution is 2.37. The van der Waals surface area contributed by atoms with Crippen LogP contribution >= 0.6 is 0 Å². The zero-order chi connectivity index (χ0) is 24.6. The van der Waals surface area contributed by atoms with Gasteiger partial charge in [-0.3, -0.25) is 5.01 Å². The molecule has 3 rings (SSSR count). The molecule has 33 heavy (non-hydrogen) atoms. The van der Waals surface area contributed by atoms with E-state index in [1.807, 2.05) is 20.8 Å². The number of alkyl halides is 2. The summed E-state index contributed by atoms with van der Waals surface area (Å²) in [5.41, 5.74) is 9.76. The second-order valence-corrected chi connectivity index (χ2v) is 11.3. The highest BCUT2D eigenvalue weighted by atomic mass is 32.3. The summed E-state index contributed by atoms with van der Waals surface area (Å²) in [6.07, 6.45) is 0.976. The number of nitrogens with one attached hydrogen (secondary N) is 2. The van der Waals surface area contributed by atoms with Gasteiger partial charge in [-0.1, -0.05) is 22.4 Å². The number of nitrogens with two attached hydrogens (primary N) is 1. The minimum atomic E-state index is -3.22. The monoisotopic (exact) mass is 484 g/mol. The molecule has 0 spiro atoms. The number of rotatable bonds is 7. The minimum absolute atomic E-state index is 0.118. The molecule has 0 amide bonds. The summed E-state index contributed by atoms with van der Waals surface area (Å²) in [6, 6.07) is 6.80. The van der Waals surface area contributed by atoms with Crippen molar-refractivity contribution in [2.24, 2.45) is 0 Å². The molecule has 0 bridgehead atoms. The summed E-state index contributed by atoms with van der Waals surface area (Å²) in [5, 5.41) is 4.78. The van der Waals surface area contributed by atoms with Crippen LogP contribution in [0.1, 0.15) is 32.8 Å². The van der Waals surface area contributed by atoms with Gasteiger partial charge in [-0.2, -0.15) is 14.5 Å². The molecule has 0 radical (unpaired) electrons. The van der Waals surface area contributed by atoms with Gasteiger partial charge in [0.15, 0.2) is 16.5 Å². The Hall–Kier alpha value is -2.57. The van der Waals surface area contributed by atoms with Crippen LogP contribution in [0.5, 0.6) is 0 Å². The fourth-order valence-corrected chi connectivity index (χ4v) is 4.59. The summed E-state index contributed by atoms with van der Waals surface area (Å²) < 4.78 is 50.4. The van der Waals surface area contributed by atoms with Gasteiger partial charge < -0.3 is 16.0 Å². The third-order valence-corrected chi connectivity index (χ3v) is 6.31. The van der Waals surface area contributed by atoms with Gasteiger partial charge in [0.25, 0.3) is 5.92 Å². The lowest BCUT2D eigenvalue weighted by atomic mass is 10.1. The molecule has 12 heteroatoms. The van der Waals surface area contributed by atoms with Gasteiger partial charge in [0, 0.05) is 31.1 Å².